The summed E-state index contributed by atoms with van der Waals surface area (Å²) in [6, 6.07) is -2.63. The van der Waals surface area contributed by atoms with E-state index in [1.54, 1.807) is 11.9 Å². The van der Waals surface area contributed by atoms with Gasteiger partial charge in [0.25, 0.3) is 0 Å². The van der Waals surface area contributed by atoms with Gasteiger partial charge >= 0.3 is 0 Å². The van der Waals surface area contributed by atoms with Crippen LogP contribution >= 0.6 is 0 Å². The molecule has 1 N–H and O–H groups in total. The minimum Gasteiger partial charge on any atom is -0.493 e. The topological polar surface area (TPSA) is 41.9 Å². The van der Waals surface area contributed by atoms with Gasteiger partial charge in [0.05, 0.1) is 16.6 Å². The van der Waals surface area contributed by atoms with Crippen LogP contribution in [0.4, 0.5) is 0 Å². The maximum absolute atomic E-state index is 9.48. The average Bonchev–Trinajstić information content (AvgIpc) is 2.98. The summed E-state index contributed by atoms with van der Waals surface area (Å²) in [4.78, 5) is 1.64. The number of aliphatic hydroxyl groups is 1. The molecule has 2 bridgehead atoms. The highest BCUT2D eigenvalue weighted by Crippen LogP contribution is 2.62. The Kier molecular flexibility index (Phi) is 1.21. The third kappa shape index (κ3) is 1.28. The molecule has 22 heavy (non-hydrogen) atoms. The monoisotopic (exact) mass is 309 g/mol. The second-order valence-corrected chi connectivity index (χ2v) is 6.11. The molecule has 0 amide bonds. The van der Waals surface area contributed by atoms with Crippen LogP contribution in [0.1, 0.15) is 29.9 Å². The molecule has 4 heteroatoms. The fourth-order valence-electron chi connectivity index (χ4n) is 4.24. The van der Waals surface area contributed by atoms with Crippen molar-refractivity contribution in [3.8, 4) is 11.5 Å². The number of hydrogen-bond acceptors (Lipinski definition) is 4. The zero-order valence-corrected chi connectivity index (χ0v) is 11.9. The molecule has 1 aromatic rings. The van der Waals surface area contributed by atoms with Crippen molar-refractivity contribution in [3.05, 3.63) is 35.4 Å². The third-order valence-electron chi connectivity index (χ3n) is 5.21. The zero-order chi connectivity index (χ0) is 23.7. The predicted molar refractivity (Wildman–Crippen MR) is 82.5 cm³/mol. The fraction of sp³-hybridized carbons (Fsp3) is 0.556. The maximum Gasteiger partial charge on any atom is 0.211 e. The van der Waals surface area contributed by atoms with Crippen molar-refractivity contribution in [2.75, 3.05) is 20.6 Å². The van der Waals surface area contributed by atoms with Crippen LogP contribution < -0.4 is 9.47 Å². The summed E-state index contributed by atoms with van der Waals surface area (Å²) in [6.07, 6.45) is -2.64. The molecular weight excluding hydrogens is 278 g/mol. The molecule has 0 radical (unpaired) electrons. The molecule has 0 aromatic heterocycles. The molecule has 4 aliphatic rings. The van der Waals surface area contributed by atoms with E-state index in [1.807, 2.05) is 0 Å². The van der Waals surface area contributed by atoms with E-state index in [1.165, 1.54) is 6.08 Å². The number of ether oxygens (including phenoxy) is 2. The molecule has 5 atom stereocenters. The lowest BCUT2D eigenvalue weighted by molar-refractivity contribution is -0.0453. The van der Waals surface area contributed by atoms with Crippen molar-refractivity contribution in [2.24, 2.45) is 5.89 Å². The van der Waals surface area contributed by atoms with Crippen molar-refractivity contribution < 1.29 is 26.9 Å². The van der Waals surface area contributed by atoms with Gasteiger partial charge in [-0.05, 0) is 38.0 Å². The van der Waals surface area contributed by atoms with Crippen molar-refractivity contribution in [1.82, 2.24) is 4.90 Å². The maximum atomic E-state index is 9.48. The van der Waals surface area contributed by atoms with Gasteiger partial charge in [-0.2, -0.15) is 0 Å². The van der Waals surface area contributed by atoms with Crippen molar-refractivity contribution in [1.29, 1.82) is 1.43 Å². The van der Waals surface area contributed by atoms with Gasteiger partial charge in [0, 0.05) is 25.6 Å². The van der Waals surface area contributed by atoms with E-state index in [0.29, 0.717) is 0 Å². The Hall–Kier alpha value is -1.52. The van der Waals surface area contributed by atoms with Gasteiger partial charge in [0.1, 0.15) is 12.2 Å². The number of hydrogen-bond donors (Lipinski definition) is 1. The van der Waals surface area contributed by atoms with E-state index >= 15 is 0 Å². The molecule has 5 rings (SSSR count). The molecule has 1 fully saturated rings. The highest BCUT2D eigenvalue weighted by atomic mass is 16.5. The van der Waals surface area contributed by atoms with Crippen LogP contribution in [0.2, 0.25) is 0 Å². The second-order valence-electron chi connectivity index (χ2n) is 6.11. The van der Waals surface area contributed by atoms with Gasteiger partial charge in [-0.1, -0.05) is 18.2 Å². The van der Waals surface area contributed by atoms with Gasteiger partial charge in [-0.15, -0.1) is 0 Å². The second kappa shape index (κ2) is 4.06. The molecule has 4 nitrogen and oxygen atoms in total. The van der Waals surface area contributed by atoms with Crippen molar-refractivity contribution >= 4 is 0 Å². The van der Waals surface area contributed by atoms with Gasteiger partial charge in [0.15, 0.2) is 11.5 Å². The molecule has 2 unspecified atom stereocenters. The van der Waals surface area contributed by atoms with Gasteiger partial charge in [-0.3, -0.25) is 0 Å². The molecule has 2 heterocycles. The average molecular weight is 309 g/mol. The normalized spacial score (nSPS) is 61.5. The molecule has 1 saturated heterocycles. The number of nitrogens with zero attached hydrogens (tertiary/aromatic N) is 1. The van der Waals surface area contributed by atoms with E-state index in [9.17, 15) is 4.11 Å². The van der Waals surface area contributed by atoms with Crippen molar-refractivity contribution in [3.63, 3.8) is 0 Å². The number of benzene rings is 1. The van der Waals surface area contributed by atoms with E-state index in [2.05, 4.69) is 5.11 Å². The summed E-state index contributed by atoms with van der Waals surface area (Å²) in [5.41, 5.74) is -1.42. The van der Waals surface area contributed by atoms with Gasteiger partial charge < -0.3 is 19.5 Å². The molecule has 2 aliphatic heterocycles. The number of piperidine rings is 1. The molecule has 1 aromatic carbocycles. The Morgan fingerprint density at radius 1 is 1.59 bits per heavy atom. The van der Waals surface area contributed by atoms with E-state index in [0.717, 1.165) is 6.08 Å². The smallest absolute Gasteiger partial charge is 0.211 e. The minimum absolute atomic E-state index is 0.0510. The third-order valence-corrected chi connectivity index (χ3v) is 5.21. The van der Waals surface area contributed by atoms with Crippen LogP contribution in [0.3, 0.4) is 0 Å². The van der Waals surface area contributed by atoms with E-state index in [-0.39, 0.29) is 42.3 Å². The lowest BCUT2D eigenvalue weighted by Gasteiger charge is -2.56. The first-order chi connectivity index (χ1) is 14.6. The zero-order valence-electron chi connectivity index (χ0n) is 21.9. The number of likely N-dealkylation sites (N-methyl/N-ethyl adjacent to an activating group) is 1. The summed E-state index contributed by atoms with van der Waals surface area (Å²) < 4.78 is 94.7. The highest BCUT2D eigenvalue weighted by molar-refractivity contribution is 5.62. The molecule has 116 valence electrons. The lowest BCUT2D eigenvalue weighted by atomic mass is 9.53. The Morgan fingerprint density at radius 3 is 3.41 bits per heavy atom. The quantitative estimate of drug-likeness (QED) is 0.841. The largest absolute Gasteiger partial charge is 0.493 e. The van der Waals surface area contributed by atoms with Crippen LogP contribution in [0.15, 0.2) is 24.2 Å². The molecular formula is C18H21NO3. The summed E-state index contributed by atoms with van der Waals surface area (Å²) >= 11 is 0. The predicted octanol–water partition coefficient (Wildman–Crippen LogP) is 1.50. The molecule has 1 spiro atoms. The number of likely N-dealkylation sites (tertiary alicyclic amines) is 1. The molecule has 2 aliphatic carbocycles. The van der Waals surface area contributed by atoms with Gasteiger partial charge in [0.2, 0.25) is 1.43 Å². The standard InChI is InChI=1S/C18H21NO3/c1-19-8-7-18-11-4-5-13(20)17(18)22-16-14(21-2)6-3-10(15(16)18)9-12(11)19/h3-6,11-13,17,20H,7-9H2,1-2H3/t11-,12+,13?,17?,18-/m0/s1/i2D3,3D,6D,11D,12D,13D,17D,20D. The van der Waals surface area contributed by atoms with Crippen LogP contribution in [-0.4, -0.2) is 50.2 Å². The lowest BCUT2D eigenvalue weighted by Crippen LogP contribution is -2.64. The van der Waals surface area contributed by atoms with Crippen molar-refractivity contribution in [2.45, 2.75) is 36.4 Å². The number of methoxy groups -OCH3 is 1. The van der Waals surface area contributed by atoms with E-state index < -0.39 is 48.3 Å². The minimum atomic E-state index is -2.99. The summed E-state index contributed by atoms with van der Waals surface area (Å²) in [7, 11) is -1.32. The summed E-state index contributed by atoms with van der Waals surface area (Å²) in [5, 5.41) is 4.64. The Morgan fingerprint density at radius 2 is 2.55 bits per heavy atom. The first-order valence-corrected chi connectivity index (χ1v) is 7.23. The fourth-order valence-corrected chi connectivity index (χ4v) is 4.24. The Bertz CT molecular complexity index is 1080. The van der Waals surface area contributed by atoms with Crippen LogP contribution in [0, 0.1) is 5.89 Å². The highest BCUT2D eigenvalue weighted by Gasteiger charge is 2.64. The number of rotatable bonds is 2. The van der Waals surface area contributed by atoms with Crippen LogP contribution in [0.5, 0.6) is 11.5 Å². The van der Waals surface area contributed by atoms with E-state index in [4.69, 9.17) is 19.1 Å². The molecule has 0 saturated carbocycles. The first-order valence-electron chi connectivity index (χ1n) is 12.1. The Balaban J connectivity index is 1.95. The first kappa shape index (κ1) is 6.54. The van der Waals surface area contributed by atoms with Gasteiger partial charge in [-0.25, -0.2) is 0 Å². The summed E-state index contributed by atoms with van der Waals surface area (Å²) in [6.45, 7) is 0.250. The summed E-state index contributed by atoms with van der Waals surface area (Å²) in [5.74, 6) is -2.73. The van der Waals surface area contributed by atoms with Crippen LogP contribution in [-0.2, 0) is 11.8 Å². The Labute approximate surface area is 144 Å². The SMILES string of the molecule is [2H]OC1([2H])C=C[C@@]2([2H])[C@@]3([2H])Cc4c([2H])c([2H])c(OC([2H])([2H])[2H])c5c4[C@@]2(CCN3C)C1([2H])O5. The van der Waals surface area contributed by atoms with Crippen LogP contribution in [0.25, 0.3) is 0 Å².